The molecule has 24 heavy (non-hydrogen) atoms. The van der Waals surface area contributed by atoms with Crippen LogP contribution < -0.4 is 14.8 Å². The zero-order valence-electron chi connectivity index (χ0n) is 14.0. The molecule has 0 fully saturated rings. The van der Waals surface area contributed by atoms with E-state index in [-0.39, 0.29) is 5.91 Å². The molecule has 3 rings (SSSR count). The van der Waals surface area contributed by atoms with Gasteiger partial charge in [-0.2, -0.15) is 0 Å². The second kappa shape index (κ2) is 6.66. The van der Waals surface area contributed by atoms with Crippen molar-refractivity contribution in [2.24, 2.45) is 0 Å². The molecule has 0 spiro atoms. The minimum absolute atomic E-state index is 0.0975. The van der Waals surface area contributed by atoms with E-state index in [0.717, 1.165) is 22.2 Å². The lowest BCUT2D eigenvalue weighted by Gasteiger charge is -2.10. The number of aromatic amines is 1. The second-order valence-electron chi connectivity index (χ2n) is 5.54. The topological polar surface area (TPSA) is 63.3 Å². The Kier molecular flexibility index (Phi) is 4.42. The fourth-order valence-electron chi connectivity index (χ4n) is 2.83. The minimum Gasteiger partial charge on any atom is -0.493 e. The number of aryl methyl sites for hydroxylation is 1. The van der Waals surface area contributed by atoms with Crippen molar-refractivity contribution < 1.29 is 14.3 Å². The molecule has 0 unspecified atom stereocenters. The van der Waals surface area contributed by atoms with Crippen molar-refractivity contribution in [3.8, 4) is 11.5 Å². The minimum atomic E-state index is -0.0975. The highest BCUT2D eigenvalue weighted by Crippen LogP contribution is 2.27. The molecule has 0 atom stereocenters. The Bertz CT molecular complexity index is 883. The Morgan fingerprint density at radius 3 is 2.58 bits per heavy atom. The maximum Gasteiger partial charge on any atom is 0.253 e. The van der Waals surface area contributed by atoms with Crippen molar-refractivity contribution in [1.29, 1.82) is 0 Å². The van der Waals surface area contributed by atoms with Gasteiger partial charge in [-0.1, -0.05) is 24.3 Å². The molecule has 0 bridgehead atoms. The van der Waals surface area contributed by atoms with Crippen LogP contribution in [0.1, 0.15) is 21.6 Å². The maximum atomic E-state index is 12.6. The van der Waals surface area contributed by atoms with Gasteiger partial charge in [0, 0.05) is 23.1 Å². The van der Waals surface area contributed by atoms with E-state index >= 15 is 0 Å². The van der Waals surface area contributed by atoms with Crippen LogP contribution in [-0.4, -0.2) is 25.1 Å². The molecule has 1 amide bonds. The molecule has 5 heteroatoms. The first kappa shape index (κ1) is 15.9. The molecular formula is C19H20N2O3. The van der Waals surface area contributed by atoms with E-state index in [0.29, 0.717) is 23.6 Å². The van der Waals surface area contributed by atoms with Crippen LogP contribution in [0.15, 0.2) is 42.5 Å². The number of rotatable bonds is 5. The van der Waals surface area contributed by atoms with E-state index in [2.05, 4.69) is 10.3 Å². The number of carbonyl (C=O) groups excluding carboxylic acids is 1. The summed E-state index contributed by atoms with van der Waals surface area (Å²) in [6.07, 6.45) is 0. The SMILES string of the molecule is COc1ccc(CNC(=O)c2c(C)[nH]c3ccccc23)cc1OC. The summed E-state index contributed by atoms with van der Waals surface area (Å²) in [7, 11) is 3.19. The highest BCUT2D eigenvalue weighted by molar-refractivity contribution is 6.08. The average Bonchev–Trinajstić information content (AvgIpc) is 2.95. The summed E-state index contributed by atoms with van der Waals surface area (Å²) in [4.78, 5) is 15.8. The van der Waals surface area contributed by atoms with Gasteiger partial charge in [0.2, 0.25) is 0 Å². The van der Waals surface area contributed by atoms with Gasteiger partial charge < -0.3 is 19.8 Å². The van der Waals surface area contributed by atoms with Gasteiger partial charge in [0.25, 0.3) is 5.91 Å². The summed E-state index contributed by atoms with van der Waals surface area (Å²) in [6.45, 7) is 2.32. The van der Waals surface area contributed by atoms with Gasteiger partial charge in [0.15, 0.2) is 11.5 Å². The van der Waals surface area contributed by atoms with Gasteiger partial charge in [-0.25, -0.2) is 0 Å². The van der Waals surface area contributed by atoms with E-state index in [4.69, 9.17) is 9.47 Å². The van der Waals surface area contributed by atoms with Crippen LogP contribution in [0, 0.1) is 6.92 Å². The van der Waals surface area contributed by atoms with Gasteiger partial charge in [-0.05, 0) is 30.7 Å². The number of hydrogen-bond donors (Lipinski definition) is 2. The van der Waals surface area contributed by atoms with Crippen molar-refractivity contribution in [2.75, 3.05) is 14.2 Å². The summed E-state index contributed by atoms with van der Waals surface area (Å²) in [5, 5.41) is 3.90. The highest BCUT2D eigenvalue weighted by atomic mass is 16.5. The van der Waals surface area contributed by atoms with E-state index < -0.39 is 0 Å². The first-order chi connectivity index (χ1) is 11.6. The lowest BCUT2D eigenvalue weighted by molar-refractivity contribution is 0.0952. The molecule has 0 aliphatic rings. The third kappa shape index (κ3) is 2.93. The monoisotopic (exact) mass is 324 g/mol. The van der Waals surface area contributed by atoms with Crippen molar-refractivity contribution >= 4 is 16.8 Å². The van der Waals surface area contributed by atoms with Crippen molar-refractivity contribution in [3.63, 3.8) is 0 Å². The number of benzene rings is 2. The van der Waals surface area contributed by atoms with Crippen LogP contribution in [-0.2, 0) is 6.54 Å². The van der Waals surface area contributed by atoms with E-state index in [1.54, 1.807) is 14.2 Å². The zero-order valence-corrected chi connectivity index (χ0v) is 14.0. The van der Waals surface area contributed by atoms with Crippen LogP contribution in [0.25, 0.3) is 10.9 Å². The van der Waals surface area contributed by atoms with Crippen LogP contribution in [0.3, 0.4) is 0 Å². The largest absolute Gasteiger partial charge is 0.493 e. The Balaban J connectivity index is 1.79. The van der Waals surface area contributed by atoms with E-state index in [1.807, 2.05) is 49.4 Å². The first-order valence-corrected chi connectivity index (χ1v) is 7.70. The van der Waals surface area contributed by atoms with Crippen LogP contribution in [0.5, 0.6) is 11.5 Å². The maximum absolute atomic E-state index is 12.6. The summed E-state index contributed by atoms with van der Waals surface area (Å²) in [5.74, 6) is 1.22. The number of carbonyl (C=O) groups is 1. The number of amides is 1. The number of H-pyrrole nitrogens is 1. The van der Waals surface area contributed by atoms with Crippen LogP contribution in [0.4, 0.5) is 0 Å². The molecule has 0 saturated heterocycles. The predicted octanol–water partition coefficient (Wildman–Crippen LogP) is 3.42. The lowest BCUT2D eigenvalue weighted by Crippen LogP contribution is -2.23. The normalized spacial score (nSPS) is 10.6. The zero-order chi connectivity index (χ0) is 17.1. The van der Waals surface area contributed by atoms with E-state index in [1.165, 1.54) is 0 Å². The second-order valence-corrected chi connectivity index (χ2v) is 5.54. The molecule has 1 aromatic heterocycles. The van der Waals surface area contributed by atoms with Crippen LogP contribution in [0.2, 0.25) is 0 Å². The molecule has 2 aromatic carbocycles. The fourth-order valence-corrected chi connectivity index (χ4v) is 2.83. The number of ether oxygens (including phenoxy) is 2. The van der Waals surface area contributed by atoms with Crippen molar-refractivity contribution in [3.05, 3.63) is 59.3 Å². The Morgan fingerprint density at radius 2 is 1.83 bits per heavy atom. The number of methoxy groups -OCH3 is 2. The van der Waals surface area contributed by atoms with Gasteiger partial charge in [-0.3, -0.25) is 4.79 Å². The molecule has 1 heterocycles. The summed E-state index contributed by atoms with van der Waals surface area (Å²) < 4.78 is 10.5. The molecule has 0 radical (unpaired) electrons. The third-order valence-electron chi connectivity index (χ3n) is 4.02. The standard InChI is InChI=1S/C19H20N2O3/c1-12-18(14-6-4-5-7-15(14)21-12)19(22)20-11-13-8-9-16(23-2)17(10-13)24-3/h4-10,21H,11H2,1-3H3,(H,20,22). The molecule has 0 aliphatic heterocycles. The number of aromatic nitrogens is 1. The quantitative estimate of drug-likeness (QED) is 0.756. The molecule has 3 aromatic rings. The molecule has 2 N–H and O–H groups in total. The molecule has 5 nitrogen and oxygen atoms in total. The summed E-state index contributed by atoms with van der Waals surface area (Å²) in [5.41, 5.74) is 3.46. The highest BCUT2D eigenvalue weighted by Gasteiger charge is 2.15. The third-order valence-corrected chi connectivity index (χ3v) is 4.02. The van der Waals surface area contributed by atoms with Gasteiger partial charge in [-0.15, -0.1) is 0 Å². The lowest BCUT2D eigenvalue weighted by atomic mass is 10.1. The summed E-state index contributed by atoms with van der Waals surface area (Å²) in [6, 6.07) is 13.4. The average molecular weight is 324 g/mol. The Labute approximate surface area is 140 Å². The molecule has 124 valence electrons. The van der Waals surface area contributed by atoms with Gasteiger partial charge in [0.1, 0.15) is 0 Å². The van der Waals surface area contributed by atoms with Crippen molar-refractivity contribution in [1.82, 2.24) is 10.3 Å². The number of fused-ring (bicyclic) bond motifs is 1. The first-order valence-electron chi connectivity index (χ1n) is 7.70. The Morgan fingerprint density at radius 1 is 1.08 bits per heavy atom. The van der Waals surface area contributed by atoms with E-state index in [9.17, 15) is 4.79 Å². The summed E-state index contributed by atoms with van der Waals surface area (Å²) >= 11 is 0. The molecule has 0 aliphatic carbocycles. The smallest absolute Gasteiger partial charge is 0.253 e. The Hall–Kier alpha value is -2.95. The molecule has 0 saturated carbocycles. The molecular weight excluding hydrogens is 304 g/mol. The predicted molar refractivity (Wildman–Crippen MR) is 93.8 cm³/mol. The van der Waals surface area contributed by atoms with Crippen molar-refractivity contribution in [2.45, 2.75) is 13.5 Å². The van der Waals surface area contributed by atoms with Crippen LogP contribution >= 0.6 is 0 Å². The number of nitrogens with one attached hydrogen (secondary N) is 2. The fraction of sp³-hybridized carbons (Fsp3) is 0.211. The number of hydrogen-bond acceptors (Lipinski definition) is 3. The van der Waals surface area contributed by atoms with Gasteiger partial charge >= 0.3 is 0 Å². The number of para-hydroxylation sites is 1. The van der Waals surface area contributed by atoms with Gasteiger partial charge in [0.05, 0.1) is 19.8 Å².